The zero-order valence-corrected chi connectivity index (χ0v) is 19.7. The maximum atomic E-state index is 12.4. The second-order valence-electron chi connectivity index (χ2n) is 8.16. The van der Waals surface area contributed by atoms with E-state index in [2.05, 4.69) is 35.3 Å². The van der Waals surface area contributed by atoms with Crippen molar-refractivity contribution in [3.05, 3.63) is 52.0 Å². The number of nitrogens with two attached hydrogens (primary N) is 1. The molecule has 36 heavy (non-hydrogen) atoms. The van der Waals surface area contributed by atoms with Gasteiger partial charge in [0.2, 0.25) is 11.8 Å². The van der Waals surface area contributed by atoms with E-state index >= 15 is 0 Å². The van der Waals surface area contributed by atoms with E-state index in [1.54, 1.807) is 12.1 Å². The summed E-state index contributed by atoms with van der Waals surface area (Å²) in [6, 6.07) is 8.58. The van der Waals surface area contributed by atoms with E-state index in [1.807, 2.05) is 0 Å². The molecule has 4 rings (SSSR count). The van der Waals surface area contributed by atoms with Crippen LogP contribution in [0.1, 0.15) is 34.3 Å². The van der Waals surface area contributed by atoms with Crippen LogP contribution >= 0.6 is 11.3 Å². The number of benzene rings is 1. The minimum Gasteiger partial charge on any atom is -0.406 e. The van der Waals surface area contributed by atoms with Crippen LogP contribution in [0.25, 0.3) is 0 Å². The Morgan fingerprint density at radius 2 is 1.97 bits per heavy atom. The Hall–Kier alpha value is -3.81. The topological polar surface area (TPSA) is 136 Å². The van der Waals surface area contributed by atoms with Crippen LogP contribution in [0.2, 0.25) is 0 Å². The summed E-state index contributed by atoms with van der Waals surface area (Å²) in [5.41, 5.74) is 5.58. The third-order valence-corrected chi connectivity index (χ3v) is 6.40. The number of carbonyl (C=O) groups is 2. The molecule has 1 atom stereocenters. The molecule has 1 aliphatic rings. The highest BCUT2D eigenvalue weighted by atomic mass is 32.1. The smallest absolute Gasteiger partial charge is 0.406 e. The number of hydrogen-bond donors (Lipinski definition) is 2. The van der Waals surface area contributed by atoms with Gasteiger partial charge in [0, 0.05) is 19.0 Å². The van der Waals surface area contributed by atoms with Gasteiger partial charge in [0.25, 0.3) is 0 Å². The summed E-state index contributed by atoms with van der Waals surface area (Å²) < 4.78 is 41.1. The molecule has 2 amide bonds. The minimum absolute atomic E-state index is 0.0690. The van der Waals surface area contributed by atoms with Crippen LogP contribution < -0.4 is 20.7 Å². The molecule has 1 saturated heterocycles. The molecular formula is C22H22F3N7O3S. The maximum absolute atomic E-state index is 12.4. The molecular weight excluding hydrogens is 499 g/mol. The number of rotatable bonds is 8. The average Bonchev–Trinajstić information content (AvgIpc) is 3.26. The number of piperidine rings is 1. The number of nitrogens with zero attached hydrogens (tertiary/aromatic N) is 5. The fourth-order valence-electron chi connectivity index (χ4n) is 3.82. The fourth-order valence-corrected chi connectivity index (χ4v) is 4.80. The van der Waals surface area contributed by atoms with E-state index in [4.69, 9.17) is 5.73 Å². The molecule has 2 aromatic heterocycles. The molecule has 0 spiro atoms. The van der Waals surface area contributed by atoms with Crippen LogP contribution in [0.3, 0.4) is 0 Å². The van der Waals surface area contributed by atoms with Crippen LogP contribution in [0.15, 0.2) is 36.4 Å². The van der Waals surface area contributed by atoms with Gasteiger partial charge in [-0.15, -0.1) is 44.9 Å². The van der Waals surface area contributed by atoms with Gasteiger partial charge in [-0.25, -0.2) is 0 Å². The molecule has 190 valence electrons. The Morgan fingerprint density at radius 1 is 1.14 bits per heavy atom. The second-order valence-corrected chi connectivity index (χ2v) is 9.25. The Morgan fingerprint density at radius 3 is 2.69 bits per heavy atom. The molecule has 0 saturated carbocycles. The summed E-state index contributed by atoms with van der Waals surface area (Å²) in [4.78, 5) is 25.5. The quantitative estimate of drug-likeness (QED) is 0.462. The SMILES string of the molecule is NC(=O)Cc1nnc(C2CCCN(c3ccc(NC(=O)Cc4cccc(OC(F)(F)F)c4)nn3)C2)s1. The van der Waals surface area contributed by atoms with Crippen molar-refractivity contribution in [1.82, 2.24) is 20.4 Å². The number of halogens is 3. The van der Waals surface area contributed by atoms with Crippen molar-refractivity contribution in [2.45, 2.75) is 38.0 Å². The molecule has 10 nitrogen and oxygen atoms in total. The number of anilines is 2. The number of ether oxygens (including phenoxy) is 1. The number of hydrogen-bond acceptors (Lipinski definition) is 9. The molecule has 1 aliphatic heterocycles. The van der Waals surface area contributed by atoms with Crippen LogP contribution in [0, 0.1) is 0 Å². The maximum Gasteiger partial charge on any atom is 0.573 e. The van der Waals surface area contributed by atoms with E-state index in [0.29, 0.717) is 22.9 Å². The van der Waals surface area contributed by atoms with E-state index in [0.717, 1.165) is 36.5 Å². The highest BCUT2D eigenvalue weighted by Gasteiger charge is 2.31. The van der Waals surface area contributed by atoms with Gasteiger partial charge in [-0.1, -0.05) is 12.1 Å². The Labute approximate surface area is 207 Å². The third-order valence-electron chi connectivity index (χ3n) is 5.32. The van der Waals surface area contributed by atoms with Crippen molar-refractivity contribution in [2.75, 3.05) is 23.3 Å². The first-order valence-electron chi connectivity index (χ1n) is 11.0. The predicted molar refractivity (Wildman–Crippen MR) is 124 cm³/mol. The number of primary amides is 1. The van der Waals surface area contributed by atoms with E-state index in [9.17, 15) is 22.8 Å². The molecule has 1 aromatic carbocycles. The largest absolute Gasteiger partial charge is 0.573 e. The second kappa shape index (κ2) is 10.8. The lowest BCUT2D eigenvalue weighted by Gasteiger charge is -2.32. The highest BCUT2D eigenvalue weighted by Crippen LogP contribution is 2.31. The zero-order chi connectivity index (χ0) is 25.7. The molecule has 0 radical (unpaired) electrons. The van der Waals surface area contributed by atoms with Gasteiger partial charge in [0.1, 0.15) is 15.8 Å². The Bertz CT molecular complexity index is 1220. The number of amides is 2. The first-order chi connectivity index (χ1) is 17.1. The van der Waals surface area contributed by atoms with Crippen molar-refractivity contribution >= 4 is 34.8 Å². The average molecular weight is 522 g/mol. The van der Waals surface area contributed by atoms with Crippen molar-refractivity contribution < 1.29 is 27.5 Å². The molecule has 1 unspecified atom stereocenters. The van der Waals surface area contributed by atoms with Gasteiger partial charge in [0.05, 0.1) is 12.8 Å². The van der Waals surface area contributed by atoms with Crippen LogP contribution in [0.5, 0.6) is 5.75 Å². The Balaban J connectivity index is 1.33. The first-order valence-corrected chi connectivity index (χ1v) is 11.8. The van der Waals surface area contributed by atoms with Crippen molar-refractivity contribution in [1.29, 1.82) is 0 Å². The monoisotopic (exact) mass is 521 g/mol. The lowest BCUT2D eigenvalue weighted by molar-refractivity contribution is -0.274. The van der Waals surface area contributed by atoms with Crippen LogP contribution in [0.4, 0.5) is 24.8 Å². The van der Waals surface area contributed by atoms with E-state index < -0.39 is 23.9 Å². The molecule has 14 heteroatoms. The molecule has 3 aromatic rings. The lowest BCUT2D eigenvalue weighted by Crippen LogP contribution is -2.35. The van der Waals surface area contributed by atoms with Gasteiger partial charge >= 0.3 is 6.36 Å². The Kier molecular flexibility index (Phi) is 7.62. The van der Waals surface area contributed by atoms with Gasteiger partial charge < -0.3 is 20.7 Å². The van der Waals surface area contributed by atoms with Gasteiger partial charge in [-0.3, -0.25) is 9.59 Å². The van der Waals surface area contributed by atoms with Crippen molar-refractivity contribution in [3.8, 4) is 5.75 Å². The van der Waals surface area contributed by atoms with Gasteiger partial charge in [-0.05, 0) is 42.7 Å². The summed E-state index contributed by atoms with van der Waals surface area (Å²) >= 11 is 1.38. The standard InChI is InChI=1S/C22H22F3N7O3S/c23-22(24,25)35-15-5-1-3-13(9-15)10-19(34)27-17-6-7-18(29-28-17)32-8-2-4-14(12-32)21-31-30-20(36-21)11-16(26)33/h1,3,5-7,9,14H,2,4,8,10-12H2,(H2,26,33)(H,27,28,34). The van der Waals surface area contributed by atoms with Gasteiger partial charge in [-0.2, -0.15) is 0 Å². The molecule has 1 fully saturated rings. The summed E-state index contributed by atoms with van der Waals surface area (Å²) in [7, 11) is 0. The van der Waals surface area contributed by atoms with Crippen molar-refractivity contribution in [2.24, 2.45) is 5.73 Å². The summed E-state index contributed by atoms with van der Waals surface area (Å²) in [5, 5.41) is 20.6. The van der Waals surface area contributed by atoms with E-state index in [1.165, 1.54) is 23.5 Å². The molecule has 0 bridgehead atoms. The summed E-state index contributed by atoms with van der Waals surface area (Å²) in [5.74, 6) is -0.306. The molecule has 3 N–H and O–H groups in total. The first kappa shape index (κ1) is 25.3. The number of nitrogens with one attached hydrogen (secondary N) is 1. The predicted octanol–water partition coefficient (Wildman–Crippen LogP) is 2.82. The van der Waals surface area contributed by atoms with Crippen LogP contribution in [-0.2, 0) is 22.4 Å². The third kappa shape index (κ3) is 7.10. The summed E-state index contributed by atoms with van der Waals surface area (Å²) in [6.45, 7) is 1.43. The zero-order valence-electron chi connectivity index (χ0n) is 18.9. The normalized spacial score (nSPS) is 16.0. The fraction of sp³-hybridized carbons (Fsp3) is 0.364. The van der Waals surface area contributed by atoms with Crippen LogP contribution in [-0.4, -0.2) is 51.7 Å². The number of aromatic nitrogens is 4. The minimum atomic E-state index is -4.81. The van der Waals surface area contributed by atoms with Gasteiger partial charge in [0.15, 0.2) is 11.6 Å². The van der Waals surface area contributed by atoms with Crippen molar-refractivity contribution in [3.63, 3.8) is 0 Å². The summed E-state index contributed by atoms with van der Waals surface area (Å²) in [6.07, 6.45) is -3.06. The molecule has 0 aliphatic carbocycles. The number of carbonyl (C=O) groups excluding carboxylic acids is 2. The highest BCUT2D eigenvalue weighted by molar-refractivity contribution is 7.11. The molecule has 3 heterocycles. The van der Waals surface area contributed by atoms with E-state index in [-0.39, 0.29) is 24.6 Å². The number of alkyl halides is 3. The lowest BCUT2D eigenvalue weighted by atomic mass is 9.99.